The van der Waals surface area contributed by atoms with Crippen molar-refractivity contribution in [1.82, 2.24) is 14.5 Å². The molecule has 2 aliphatic heterocycles. The van der Waals surface area contributed by atoms with E-state index in [9.17, 15) is 10.2 Å². The maximum atomic E-state index is 11.7. The van der Waals surface area contributed by atoms with Crippen LogP contribution in [-0.4, -0.2) is 63.1 Å². The van der Waals surface area contributed by atoms with Gasteiger partial charge in [0.25, 0.3) is 0 Å². The zero-order chi connectivity index (χ0) is 34.3. The standard InChI is InChI=1S/C37H39ClN4O7/c1-37(2)48-32-31(30(44)28-14-9-25(38)17-24(28)20-43)47-36(33(32)49-37)42-16-15-29-34(39-21-40-35(29)42)41(18-22-5-10-26(45-3)11-6-22)19-23-7-12-27(46-4)13-8-23/h5-17,21,30-33,36,43-44H,18-20H2,1-4H3/t30?,31-,32-,33-,36-/m1/s1. The Kier molecular flexibility index (Phi) is 9.23. The van der Waals surface area contributed by atoms with Crippen LogP contribution in [0.15, 0.2) is 85.3 Å². The lowest BCUT2D eigenvalue weighted by molar-refractivity contribution is -0.207. The van der Waals surface area contributed by atoms with Gasteiger partial charge in [-0.2, -0.15) is 0 Å². The smallest absolute Gasteiger partial charge is 0.164 e. The predicted octanol–water partition coefficient (Wildman–Crippen LogP) is 5.95. The highest BCUT2D eigenvalue weighted by atomic mass is 35.5. The molecule has 256 valence electrons. The molecule has 0 saturated carbocycles. The molecule has 0 radical (unpaired) electrons. The summed E-state index contributed by atoms with van der Waals surface area (Å²) in [6.07, 6.45) is -0.281. The molecule has 3 aromatic carbocycles. The Morgan fingerprint density at radius 3 is 2.14 bits per heavy atom. The summed E-state index contributed by atoms with van der Waals surface area (Å²) < 4.78 is 32.0. The number of halogens is 1. The third kappa shape index (κ3) is 6.58. The van der Waals surface area contributed by atoms with E-state index in [1.54, 1.807) is 38.7 Å². The fraction of sp³-hybridized carbons (Fsp3) is 0.351. The molecule has 4 heterocycles. The number of aromatic nitrogens is 3. The van der Waals surface area contributed by atoms with E-state index in [0.29, 0.717) is 34.9 Å². The summed E-state index contributed by atoms with van der Waals surface area (Å²) in [6.45, 7) is 4.55. The largest absolute Gasteiger partial charge is 0.497 e. The van der Waals surface area contributed by atoms with Gasteiger partial charge < -0.3 is 43.4 Å². The van der Waals surface area contributed by atoms with Gasteiger partial charge in [-0.05, 0) is 78.6 Å². The minimum atomic E-state index is -1.12. The van der Waals surface area contributed by atoms with Crippen LogP contribution in [0.25, 0.3) is 11.0 Å². The van der Waals surface area contributed by atoms with Crippen LogP contribution in [0.2, 0.25) is 5.02 Å². The van der Waals surface area contributed by atoms with Crippen molar-refractivity contribution in [3.63, 3.8) is 0 Å². The number of nitrogens with zero attached hydrogens (tertiary/aromatic N) is 4. The highest BCUT2D eigenvalue weighted by molar-refractivity contribution is 6.30. The summed E-state index contributed by atoms with van der Waals surface area (Å²) in [5.74, 6) is 1.41. The van der Waals surface area contributed by atoms with Crippen molar-refractivity contribution in [2.24, 2.45) is 0 Å². The first-order valence-electron chi connectivity index (χ1n) is 16.1. The zero-order valence-electron chi connectivity index (χ0n) is 27.7. The Bertz CT molecular complexity index is 1870. The van der Waals surface area contributed by atoms with Crippen molar-refractivity contribution in [2.75, 3.05) is 19.1 Å². The van der Waals surface area contributed by atoms with E-state index in [2.05, 4.69) is 4.90 Å². The van der Waals surface area contributed by atoms with Crippen molar-refractivity contribution in [3.05, 3.63) is 113 Å². The molecule has 7 rings (SSSR count). The third-order valence-corrected chi connectivity index (χ3v) is 9.33. The Morgan fingerprint density at radius 1 is 0.898 bits per heavy atom. The minimum Gasteiger partial charge on any atom is -0.497 e. The number of hydrogen-bond acceptors (Lipinski definition) is 10. The number of aliphatic hydroxyl groups excluding tert-OH is 2. The predicted molar refractivity (Wildman–Crippen MR) is 183 cm³/mol. The van der Waals surface area contributed by atoms with Crippen LogP contribution in [0, 0.1) is 0 Å². The molecular weight excluding hydrogens is 648 g/mol. The molecule has 2 N–H and O–H groups in total. The van der Waals surface area contributed by atoms with Crippen LogP contribution in [0.3, 0.4) is 0 Å². The van der Waals surface area contributed by atoms with Crippen LogP contribution in [0.1, 0.15) is 48.4 Å². The number of anilines is 1. The Balaban J connectivity index is 1.25. The Hall–Kier alpha value is -4.23. The molecule has 1 unspecified atom stereocenters. The van der Waals surface area contributed by atoms with Crippen molar-refractivity contribution in [2.45, 2.75) is 70.0 Å². The summed E-state index contributed by atoms with van der Waals surface area (Å²) in [5, 5.41) is 23.0. The highest BCUT2D eigenvalue weighted by Gasteiger charge is 2.58. The first-order chi connectivity index (χ1) is 23.7. The third-order valence-electron chi connectivity index (χ3n) is 9.10. The molecule has 0 spiro atoms. The van der Waals surface area contributed by atoms with Crippen LogP contribution in [-0.2, 0) is 33.9 Å². The summed E-state index contributed by atoms with van der Waals surface area (Å²) >= 11 is 6.19. The van der Waals surface area contributed by atoms with Gasteiger partial charge >= 0.3 is 0 Å². The summed E-state index contributed by atoms with van der Waals surface area (Å²) in [5.41, 5.74) is 3.85. The molecule has 5 aromatic rings. The van der Waals surface area contributed by atoms with Crippen molar-refractivity contribution in [3.8, 4) is 11.5 Å². The van der Waals surface area contributed by atoms with E-state index >= 15 is 0 Å². The second kappa shape index (κ2) is 13.6. The van der Waals surface area contributed by atoms with E-state index in [-0.39, 0.29) is 6.61 Å². The average molecular weight is 687 g/mol. The maximum Gasteiger partial charge on any atom is 0.164 e. The first kappa shape index (κ1) is 33.3. The fourth-order valence-corrected chi connectivity index (χ4v) is 6.98. The summed E-state index contributed by atoms with van der Waals surface area (Å²) in [6, 6.07) is 23.0. The average Bonchev–Trinajstić information content (AvgIpc) is 3.78. The monoisotopic (exact) mass is 686 g/mol. The molecule has 0 bridgehead atoms. The molecule has 49 heavy (non-hydrogen) atoms. The number of ether oxygens (including phenoxy) is 5. The number of benzene rings is 3. The number of fused-ring (bicyclic) bond motifs is 2. The van der Waals surface area contributed by atoms with E-state index in [1.807, 2.05) is 79.2 Å². The van der Waals surface area contributed by atoms with Gasteiger partial charge in [0.15, 0.2) is 12.0 Å². The van der Waals surface area contributed by atoms with Gasteiger partial charge in [-0.1, -0.05) is 41.9 Å². The number of methoxy groups -OCH3 is 2. The Labute approximate surface area is 289 Å². The number of rotatable bonds is 11. The van der Waals surface area contributed by atoms with Crippen LogP contribution in [0.5, 0.6) is 11.5 Å². The molecule has 12 heteroatoms. The number of aliphatic hydroxyl groups is 2. The van der Waals surface area contributed by atoms with E-state index in [1.165, 1.54) is 0 Å². The van der Waals surface area contributed by atoms with Crippen LogP contribution in [0.4, 0.5) is 5.82 Å². The second-order valence-corrected chi connectivity index (χ2v) is 13.1. The van der Waals surface area contributed by atoms with Gasteiger partial charge in [0.05, 0.1) is 26.2 Å². The lowest BCUT2D eigenvalue weighted by Gasteiger charge is -2.28. The Morgan fingerprint density at radius 2 is 1.53 bits per heavy atom. The van der Waals surface area contributed by atoms with Gasteiger partial charge in [0, 0.05) is 24.3 Å². The van der Waals surface area contributed by atoms with Crippen molar-refractivity contribution < 1.29 is 33.9 Å². The molecule has 0 amide bonds. The van der Waals surface area contributed by atoms with Gasteiger partial charge in [-0.15, -0.1) is 0 Å². The van der Waals surface area contributed by atoms with E-state index in [4.69, 9.17) is 45.3 Å². The molecule has 5 atom stereocenters. The first-order valence-corrected chi connectivity index (χ1v) is 16.5. The zero-order valence-corrected chi connectivity index (χ0v) is 28.4. The van der Waals surface area contributed by atoms with Gasteiger partial charge in [-0.25, -0.2) is 9.97 Å². The molecule has 2 aromatic heterocycles. The number of hydrogen-bond donors (Lipinski definition) is 2. The molecular formula is C37H39ClN4O7. The fourth-order valence-electron chi connectivity index (χ4n) is 6.79. The van der Waals surface area contributed by atoms with Crippen molar-refractivity contribution in [1.29, 1.82) is 0 Å². The van der Waals surface area contributed by atoms with Crippen LogP contribution >= 0.6 is 11.6 Å². The van der Waals surface area contributed by atoms with Gasteiger partial charge in [0.1, 0.15) is 53.7 Å². The molecule has 2 fully saturated rings. The second-order valence-electron chi connectivity index (χ2n) is 12.7. The molecule has 11 nitrogen and oxygen atoms in total. The van der Waals surface area contributed by atoms with Crippen LogP contribution < -0.4 is 14.4 Å². The molecule has 2 saturated heterocycles. The lowest BCUT2D eigenvalue weighted by atomic mass is 9.95. The van der Waals surface area contributed by atoms with Gasteiger partial charge in [-0.3, -0.25) is 0 Å². The minimum absolute atomic E-state index is 0.286. The van der Waals surface area contributed by atoms with Gasteiger partial charge in [0.2, 0.25) is 0 Å². The lowest BCUT2D eigenvalue weighted by Crippen LogP contribution is -2.34. The van der Waals surface area contributed by atoms with E-state index < -0.39 is 36.4 Å². The normalized spacial score (nSPS) is 21.9. The molecule has 0 aliphatic carbocycles. The SMILES string of the molecule is COc1ccc(CN(Cc2ccc(OC)cc2)c2ncnc3c2ccn3[C@@H]2O[C@H](C(O)c3ccc(Cl)cc3CO)[C@H]3OC(C)(C)O[C@H]32)cc1. The molecule has 2 aliphatic rings. The summed E-state index contributed by atoms with van der Waals surface area (Å²) in [4.78, 5) is 11.7. The maximum absolute atomic E-state index is 11.7. The topological polar surface area (TPSA) is 121 Å². The quantitative estimate of drug-likeness (QED) is 0.172. The highest BCUT2D eigenvalue weighted by Crippen LogP contribution is 2.48. The van der Waals surface area contributed by atoms with E-state index in [0.717, 1.165) is 33.8 Å². The summed E-state index contributed by atoms with van der Waals surface area (Å²) in [7, 11) is 3.31. The van der Waals surface area contributed by atoms with Crippen molar-refractivity contribution >= 4 is 28.5 Å².